The Labute approximate surface area is 109 Å². The van der Waals surface area contributed by atoms with E-state index in [0.717, 1.165) is 0 Å². The summed E-state index contributed by atoms with van der Waals surface area (Å²) in [6, 6.07) is 7.24. The van der Waals surface area contributed by atoms with Crippen molar-refractivity contribution in [2.75, 3.05) is 5.32 Å². The van der Waals surface area contributed by atoms with Crippen molar-refractivity contribution in [1.82, 2.24) is 4.98 Å². The summed E-state index contributed by atoms with van der Waals surface area (Å²) in [6.07, 6.45) is 0. The zero-order valence-corrected chi connectivity index (χ0v) is 10.6. The molecule has 1 heterocycles. The van der Waals surface area contributed by atoms with Gasteiger partial charge in [-0.15, -0.1) is 0 Å². The standard InChI is InChI=1S/C14H13FN2O2/c1-8-7-12(18)9(2)6-11(8)17-14(19)10-4-3-5-13(15)16-10/h3-7,18H,1-2H3,(H,17,19). The monoisotopic (exact) mass is 260 g/mol. The van der Waals surface area contributed by atoms with Crippen LogP contribution >= 0.6 is 0 Å². The van der Waals surface area contributed by atoms with Gasteiger partial charge in [-0.25, -0.2) is 4.98 Å². The van der Waals surface area contributed by atoms with E-state index in [2.05, 4.69) is 10.3 Å². The minimum absolute atomic E-state index is 0.00475. The van der Waals surface area contributed by atoms with Crippen molar-refractivity contribution in [2.45, 2.75) is 13.8 Å². The lowest BCUT2D eigenvalue weighted by atomic mass is 10.1. The number of carbonyl (C=O) groups excluding carboxylic acids is 1. The van der Waals surface area contributed by atoms with Crippen molar-refractivity contribution in [2.24, 2.45) is 0 Å². The van der Waals surface area contributed by atoms with Crippen LogP contribution < -0.4 is 5.32 Å². The Morgan fingerprint density at radius 1 is 1.26 bits per heavy atom. The van der Waals surface area contributed by atoms with Gasteiger partial charge in [0.05, 0.1) is 0 Å². The molecule has 1 aromatic carbocycles. The summed E-state index contributed by atoms with van der Waals surface area (Å²) >= 11 is 0. The predicted octanol–water partition coefficient (Wildman–Crippen LogP) is 2.80. The molecular weight excluding hydrogens is 247 g/mol. The van der Waals surface area contributed by atoms with Crippen molar-refractivity contribution in [3.05, 3.63) is 53.1 Å². The van der Waals surface area contributed by atoms with Gasteiger partial charge in [0.1, 0.15) is 11.4 Å². The van der Waals surface area contributed by atoms with Gasteiger partial charge in [-0.2, -0.15) is 4.39 Å². The number of aryl methyl sites for hydroxylation is 2. The van der Waals surface area contributed by atoms with E-state index in [1.807, 2.05) is 0 Å². The Morgan fingerprint density at radius 3 is 2.68 bits per heavy atom. The number of rotatable bonds is 2. The SMILES string of the molecule is Cc1cc(NC(=O)c2cccc(F)n2)c(C)cc1O. The van der Waals surface area contributed by atoms with E-state index in [-0.39, 0.29) is 11.4 Å². The van der Waals surface area contributed by atoms with Gasteiger partial charge in [0.25, 0.3) is 5.91 Å². The van der Waals surface area contributed by atoms with Crippen LogP contribution in [0.2, 0.25) is 0 Å². The summed E-state index contributed by atoms with van der Waals surface area (Å²) in [7, 11) is 0. The summed E-state index contributed by atoms with van der Waals surface area (Å²) in [5.41, 5.74) is 1.93. The first-order valence-electron chi connectivity index (χ1n) is 5.71. The van der Waals surface area contributed by atoms with Crippen LogP contribution in [0.25, 0.3) is 0 Å². The fraction of sp³-hybridized carbons (Fsp3) is 0.143. The molecule has 0 spiro atoms. The Kier molecular flexibility index (Phi) is 3.46. The molecule has 1 aromatic heterocycles. The molecule has 5 heteroatoms. The number of halogens is 1. The van der Waals surface area contributed by atoms with Crippen LogP contribution in [0, 0.1) is 19.8 Å². The average molecular weight is 260 g/mol. The summed E-state index contributed by atoms with van der Waals surface area (Å²) < 4.78 is 12.9. The maximum Gasteiger partial charge on any atom is 0.274 e. The van der Waals surface area contributed by atoms with Crippen molar-refractivity contribution in [3.63, 3.8) is 0 Å². The normalized spacial score (nSPS) is 10.3. The van der Waals surface area contributed by atoms with Gasteiger partial charge in [-0.1, -0.05) is 6.07 Å². The third-order valence-corrected chi connectivity index (χ3v) is 2.74. The molecule has 2 aromatic rings. The number of benzene rings is 1. The zero-order chi connectivity index (χ0) is 14.0. The number of anilines is 1. The molecule has 0 aliphatic heterocycles. The fourth-order valence-electron chi connectivity index (χ4n) is 1.66. The molecule has 0 unspecified atom stereocenters. The second kappa shape index (κ2) is 5.06. The van der Waals surface area contributed by atoms with E-state index in [1.54, 1.807) is 26.0 Å². The molecule has 0 saturated carbocycles. The lowest BCUT2D eigenvalue weighted by Crippen LogP contribution is -2.15. The van der Waals surface area contributed by atoms with Gasteiger partial charge in [0, 0.05) is 5.69 Å². The maximum atomic E-state index is 12.9. The minimum Gasteiger partial charge on any atom is -0.508 e. The van der Waals surface area contributed by atoms with E-state index >= 15 is 0 Å². The minimum atomic E-state index is -0.703. The molecule has 19 heavy (non-hydrogen) atoms. The predicted molar refractivity (Wildman–Crippen MR) is 69.7 cm³/mol. The summed E-state index contributed by atoms with van der Waals surface area (Å²) in [5.74, 6) is -1.03. The molecule has 4 nitrogen and oxygen atoms in total. The highest BCUT2D eigenvalue weighted by molar-refractivity contribution is 6.03. The molecule has 0 bridgehead atoms. The van der Waals surface area contributed by atoms with Crippen molar-refractivity contribution < 1.29 is 14.3 Å². The van der Waals surface area contributed by atoms with Crippen LogP contribution in [0.5, 0.6) is 5.75 Å². The van der Waals surface area contributed by atoms with E-state index in [1.165, 1.54) is 18.2 Å². The number of carbonyl (C=O) groups is 1. The van der Waals surface area contributed by atoms with Gasteiger partial charge < -0.3 is 10.4 Å². The number of nitrogens with zero attached hydrogens (tertiary/aromatic N) is 1. The van der Waals surface area contributed by atoms with Crippen LogP contribution in [0.3, 0.4) is 0 Å². The molecule has 98 valence electrons. The Morgan fingerprint density at radius 2 is 2.00 bits per heavy atom. The van der Waals surface area contributed by atoms with E-state index in [0.29, 0.717) is 16.8 Å². The van der Waals surface area contributed by atoms with E-state index in [9.17, 15) is 14.3 Å². The van der Waals surface area contributed by atoms with E-state index in [4.69, 9.17) is 0 Å². The second-order valence-electron chi connectivity index (χ2n) is 4.25. The molecule has 0 aliphatic carbocycles. The van der Waals surface area contributed by atoms with Gasteiger partial charge in [-0.3, -0.25) is 4.79 Å². The first-order chi connectivity index (χ1) is 8.97. The summed E-state index contributed by atoms with van der Waals surface area (Å²) in [6.45, 7) is 3.48. The Balaban J connectivity index is 2.27. The molecule has 0 atom stereocenters. The Bertz CT molecular complexity index is 641. The Hall–Kier alpha value is -2.43. The third-order valence-electron chi connectivity index (χ3n) is 2.74. The number of hydrogen-bond donors (Lipinski definition) is 2. The maximum absolute atomic E-state index is 12.9. The molecule has 0 fully saturated rings. The number of aromatic nitrogens is 1. The quantitative estimate of drug-likeness (QED) is 0.644. The van der Waals surface area contributed by atoms with Crippen LogP contribution in [0.15, 0.2) is 30.3 Å². The molecular formula is C14H13FN2O2. The molecule has 0 aliphatic rings. The highest BCUT2D eigenvalue weighted by Crippen LogP contribution is 2.25. The number of hydrogen-bond acceptors (Lipinski definition) is 3. The lowest BCUT2D eigenvalue weighted by Gasteiger charge is -2.10. The number of phenols is 1. The third kappa shape index (κ3) is 2.88. The molecule has 1 amide bonds. The van der Waals surface area contributed by atoms with Crippen molar-refractivity contribution in [3.8, 4) is 5.75 Å². The van der Waals surface area contributed by atoms with Gasteiger partial charge >= 0.3 is 0 Å². The number of amides is 1. The van der Waals surface area contributed by atoms with E-state index < -0.39 is 11.9 Å². The first-order valence-corrected chi connectivity index (χ1v) is 5.71. The highest BCUT2D eigenvalue weighted by Gasteiger charge is 2.11. The van der Waals surface area contributed by atoms with Crippen LogP contribution in [-0.4, -0.2) is 16.0 Å². The lowest BCUT2D eigenvalue weighted by molar-refractivity contribution is 0.102. The van der Waals surface area contributed by atoms with Crippen LogP contribution in [0.4, 0.5) is 10.1 Å². The second-order valence-corrected chi connectivity index (χ2v) is 4.25. The molecule has 0 radical (unpaired) electrons. The molecule has 0 saturated heterocycles. The van der Waals surface area contributed by atoms with Crippen molar-refractivity contribution >= 4 is 11.6 Å². The number of pyridine rings is 1. The number of nitrogens with one attached hydrogen (secondary N) is 1. The largest absolute Gasteiger partial charge is 0.508 e. The smallest absolute Gasteiger partial charge is 0.274 e. The average Bonchev–Trinajstić information content (AvgIpc) is 2.36. The number of aromatic hydroxyl groups is 1. The summed E-state index contributed by atoms with van der Waals surface area (Å²) in [4.78, 5) is 15.4. The molecule has 2 rings (SSSR count). The van der Waals surface area contributed by atoms with Crippen LogP contribution in [-0.2, 0) is 0 Å². The topological polar surface area (TPSA) is 62.2 Å². The summed E-state index contributed by atoms with van der Waals surface area (Å²) in [5, 5.41) is 12.2. The zero-order valence-electron chi connectivity index (χ0n) is 10.6. The van der Waals surface area contributed by atoms with Crippen molar-refractivity contribution in [1.29, 1.82) is 0 Å². The van der Waals surface area contributed by atoms with Crippen LogP contribution in [0.1, 0.15) is 21.6 Å². The van der Waals surface area contributed by atoms with Gasteiger partial charge in [-0.05, 0) is 49.2 Å². The fourth-order valence-corrected chi connectivity index (χ4v) is 1.66. The first kappa shape index (κ1) is 13.0. The van der Waals surface area contributed by atoms with Gasteiger partial charge in [0.2, 0.25) is 5.95 Å². The number of phenolic OH excluding ortho intramolecular Hbond substituents is 1. The highest BCUT2D eigenvalue weighted by atomic mass is 19.1. The van der Waals surface area contributed by atoms with Gasteiger partial charge in [0.15, 0.2) is 0 Å². The molecule has 2 N–H and O–H groups in total.